The van der Waals surface area contributed by atoms with Gasteiger partial charge in [-0.3, -0.25) is 9.36 Å². The SMILES string of the molecule is CCc1cc(OC[C@@H]2Cn3ccc(=O)nc3O2)ccc1-c1ccccc1. The van der Waals surface area contributed by atoms with Crippen LogP contribution in [0.5, 0.6) is 11.8 Å². The average molecular weight is 348 g/mol. The lowest BCUT2D eigenvalue weighted by molar-refractivity contribution is 0.143. The number of hydrogen-bond donors (Lipinski definition) is 0. The van der Waals surface area contributed by atoms with Gasteiger partial charge in [0.05, 0.1) is 6.54 Å². The first-order valence-electron chi connectivity index (χ1n) is 8.78. The summed E-state index contributed by atoms with van der Waals surface area (Å²) in [6, 6.07) is 18.3. The highest BCUT2D eigenvalue weighted by atomic mass is 16.6. The Labute approximate surface area is 151 Å². The molecule has 0 aliphatic carbocycles. The van der Waals surface area contributed by atoms with Gasteiger partial charge in [-0.25, -0.2) is 0 Å². The van der Waals surface area contributed by atoms with Crippen molar-refractivity contribution in [3.8, 4) is 22.9 Å². The summed E-state index contributed by atoms with van der Waals surface area (Å²) in [5.74, 6) is 0.823. The molecule has 0 saturated carbocycles. The van der Waals surface area contributed by atoms with Crippen molar-refractivity contribution in [3.05, 3.63) is 76.7 Å². The number of fused-ring (bicyclic) bond motifs is 1. The highest BCUT2D eigenvalue weighted by molar-refractivity contribution is 5.68. The maximum Gasteiger partial charge on any atom is 0.300 e. The van der Waals surface area contributed by atoms with E-state index in [1.54, 1.807) is 6.20 Å². The van der Waals surface area contributed by atoms with Crippen molar-refractivity contribution in [1.29, 1.82) is 0 Å². The first-order chi connectivity index (χ1) is 12.7. The number of benzene rings is 2. The molecular formula is C21H20N2O3. The van der Waals surface area contributed by atoms with Gasteiger partial charge in [0.2, 0.25) is 0 Å². The van der Waals surface area contributed by atoms with Crippen LogP contribution >= 0.6 is 0 Å². The molecule has 4 rings (SSSR count). The second-order valence-corrected chi connectivity index (χ2v) is 6.29. The van der Waals surface area contributed by atoms with E-state index in [2.05, 4.69) is 36.2 Å². The lowest BCUT2D eigenvalue weighted by Crippen LogP contribution is -2.23. The molecule has 1 atom stereocenters. The Kier molecular flexibility index (Phi) is 4.44. The number of ether oxygens (including phenoxy) is 2. The lowest BCUT2D eigenvalue weighted by Gasteiger charge is -2.14. The molecule has 1 aromatic heterocycles. The van der Waals surface area contributed by atoms with Gasteiger partial charge in [-0.15, -0.1) is 0 Å². The quantitative estimate of drug-likeness (QED) is 0.710. The number of aromatic nitrogens is 2. The average Bonchev–Trinajstić information content (AvgIpc) is 3.08. The molecule has 5 heteroatoms. The fourth-order valence-electron chi connectivity index (χ4n) is 3.18. The minimum atomic E-state index is -0.290. The van der Waals surface area contributed by atoms with Crippen LogP contribution in [0.25, 0.3) is 11.1 Å². The monoisotopic (exact) mass is 348 g/mol. The minimum absolute atomic E-state index is 0.150. The molecule has 26 heavy (non-hydrogen) atoms. The van der Waals surface area contributed by atoms with Crippen LogP contribution in [-0.2, 0) is 13.0 Å². The van der Waals surface area contributed by atoms with E-state index in [-0.39, 0.29) is 11.7 Å². The van der Waals surface area contributed by atoms with Gasteiger partial charge in [0.25, 0.3) is 11.6 Å². The molecule has 132 valence electrons. The molecule has 0 saturated heterocycles. The molecule has 0 amide bonds. The van der Waals surface area contributed by atoms with E-state index < -0.39 is 0 Å². The molecule has 0 fully saturated rings. The smallest absolute Gasteiger partial charge is 0.300 e. The topological polar surface area (TPSA) is 53.4 Å². The van der Waals surface area contributed by atoms with Gasteiger partial charge in [0.15, 0.2) is 6.10 Å². The summed E-state index contributed by atoms with van der Waals surface area (Å²) in [5.41, 5.74) is 3.40. The van der Waals surface area contributed by atoms with Crippen molar-refractivity contribution in [2.24, 2.45) is 0 Å². The van der Waals surface area contributed by atoms with Crippen LogP contribution in [0.1, 0.15) is 12.5 Å². The van der Waals surface area contributed by atoms with Crippen molar-refractivity contribution in [2.75, 3.05) is 6.61 Å². The van der Waals surface area contributed by atoms with E-state index in [1.807, 2.05) is 28.8 Å². The van der Waals surface area contributed by atoms with E-state index in [4.69, 9.17) is 9.47 Å². The Balaban J connectivity index is 1.45. The molecule has 3 aromatic rings. The largest absolute Gasteiger partial charge is 0.490 e. The van der Waals surface area contributed by atoms with Crippen LogP contribution in [0.15, 0.2) is 65.6 Å². The summed E-state index contributed by atoms with van der Waals surface area (Å²) in [7, 11) is 0. The molecule has 5 nitrogen and oxygen atoms in total. The van der Waals surface area contributed by atoms with Gasteiger partial charge in [0, 0.05) is 12.3 Å². The van der Waals surface area contributed by atoms with Crippen molar-refractivity contribution in [1.82, 2.24) is 9.55 Å². The van der Waals surface area contributed by atoms with Crippen LogP contribution in [-0.4, -0.2) is 22.3 Å². The first kappa shape index (κ1) is 16.4. The summed E-state index contributed by atoms with van der Waals surface area (Å²) in [5, 5.41) is 0. The zero-order chi connectivity index (χ0) is 17.9. The normalized spacial score (nSPS) is 15.3. The zero-order valence-corrected chi connectivity index (χ0v) is 14.6. The van der Waals surface area contributed by atoms with Crippen LogP contribution in [0.3, 0.4) is 0 Å². The third kappa shape index (κ3) is 3.33. The Morgan fingerprint density at radius 2 is 2.04 bits per heavy atom. The number of hydrogen-bond acceptors (Lipinski definition) is 4. The van der Waals surface area contributed by atoms with Crippen molar-refractivity contribution >= 4 is 0 Å². The van der Waals surface area contributed by atoms with Gasteiger partial charge in [-0.1, -0.05) is 43.3 Å². The molecule has 0 unspecified atom stereocenters. The summed E-state index contributed by atoms with van der Waals surface area (Å²) in [6.07, 6.45) is 2.48. The minimum Gasteiger partial charge on any atom is -0.490 e. The molecule has 1 aliphatic rings. The van der Waals surface area contributed by atoms with E-state index >= 15 is 0 Å². The Morgan fingerprint density at radius 3 is 2.85 bits per heavy atom. The molecule has 0 spiro atoms. The second kappa shape index (κ2) is 7.04. The van der Waals surface area contributed by atoms with Gasteiger partial charge < -0.3 is 9.47 Å². The Bertz CT molecular complexity index is 966. The summed E-state index contributed by atoms with van der Waals surface area (Å²) >= 11 is 0. The number of nitrogens with zero attached hydrogens (tertiary/aromatic N) is 2. The van der Waals surface area contributed by atoms with Gasteiger partial charge in [0.1, 0.15) is 12.4 Å². The van der Waals surface area contributed by atoms with Crippen molar-refractivity contribution in [2.45, 2.75) is 26.0 Å². The Morgan fingerprint density at radius 1 is 1.19 bits per heavy atom. The maximum absolute atomic E-state index is 11.3. The predicted molar refractivity (Wildman–Crippen MR) is 99.7 cm³/mol. The van der Waals surface area contributed by atoms with Gasteiger partial charge in [-0.2, -0.15) is 4.98 Å². The highest BCUT2D eigenvalue weighted by Crippen LogP contribution is 2.28. The van der Waals surface area contributed by atoms with E-state index in [1.165, 1.54) is 22.8 Å². The van der Waals surface area contributed by atoms with Gasteiger partial charge >= 0.3 is 0 Å². The van der Waals surface area contributed by atoms with Crippen LogP contribution in [0.2, 0.25) is 0 Å². The third-order valence-electron chi connectivity index (χ3n) is 4.50. The van der Waals surface area contributed by atoms with E-state index in [0.717, 1.165) is 12.2 Å². The molecular weight excluding hydrogens is 328 g/mol. The summed E-state index contributed by atoms with van der Waals surface area (Å²) < 4.78 is 13.5. The van der Waals surface area contributed by atoms with Crippen molar-refractivity contribution in [3.63, 3.8) is 0 Å². The third-order valence-corrected chi connectivity index (χ3v) is 4.50. The standard InChI is InChI=1S/C21H20N2O3/c1-2-15-12-17(8-9-19(15)16-6-4-3-5-7-16)25-14-18-13-23-11-10-20(24)22-21(23)26-18/h3-12,18H,2,13-14H2,1H3/t18-/m0/s1. The van der Waals surface area contributed by atoms with Crippen LogP contribution in [0.4, 0.5) is 0 Å². The fraction of sp³-hybridized carbons (Fsp3) is 0.238. The lowest BCUT2D eigenvalue weighted by atomic mass is 9.98. The highest BCUT2D eigenvalue weighted by Gasteiger charge is 2.23. The van der Waals surface area contributed by atoms with E-state index in [0.29, 0.717) is 19.2 Å². The second-order valence-electron chi connectivity index (χ2n) is 6.29. The van der Waals surface area contributed by atoms with Crippen molar-refractivity contribution < 1.29 is 9.47 Å². The summed E-state index contributed by atoms with van der Waals surface area (Å²) in [6.45, 7) is 3.18. The number of rotatable bonds is 5. The predicted octanol–water partition coefficient (Wildman–Crippen LogP) is 3.31. The van der Waals surface area contributed by atoms with E-state index in [9.17, 15) is 4.79 Å². The fourth-order valence-corrected chi connectivity index (χ4v) is 3.18. The van der Waals surface area contributed by atoms with Crippen LogP contribution < -0.4 is 15.0 Å². The molecule has 0 radical (unpaired) electrons. The molecule has 2 heterocycles. The zero-order valence-electron chi connectivity index (χ0n) is 14.6. The summed E-state index contributed by atoms with van der Waals surface area (Å²) in [4.78, 5) is 15.2. The van der Waals surface area contributed by atoms with Gasteiger partial charge in [-0.05, 0) is 35.2 Å². The Hall–Kier alpha value is -3.08. The molecule has 0 bridgehead atoms. The molecule has 1 aliphatic heterocycles. The van der Waals surface area contributed by atoms with Crippen LogP contribution in [0, 0.1) is 0 Å². The molecule has 2 aromatic carbocycles. The maximum atomic E-state index is 11.3. The number of aryl methyl sites for hydroxylation is 1. The molecule has 0 N–H and O–H groups in total. The first-order valence-corrected chi connectivity index (χ1v) is 8.78.